The zero-order valence-electron chi connectivity index (χ0n) is 13.7. The van der Waals surface area contributed by atoms with E-state index >= 15 is 0 Å². The summed E-state index contributed by atoms with van der Waals surface area (Å²) in [6, 6.07) is 12.7. The van der Waals surface area contributed by atoms with Crippen LogP contribution in [0.5, 0.6) is 0 Å². The first-order valence-corrected chi connectivity index (χ1v) is 8.94. The highest BCUT2D eigenvalue weighted by atomic mass is 32.2. The van der Waals surface area contributed by atoms with Crippen molar-refractivity contribution in [2.75, 3.05) is 12.3 Å². The molecule has 0 aliphatic heterocycles. The first kappa shape index (κ1) is 18.1. The molecule has 21 heavy (non-hydrogen) atoms. The fourth-order valence-electron chi connectivity index (χ4n) is 2.15. The maximum atomic E-state index is 9.81. The quantitative estimate of drug-likeness (QED) is 0.725. The molecule has 1 rings (SSSR count). The van der Waals surface area contributed by atoms with Crippen LogP contribution in [0.1, 0.15) is 46.1 Å². The van der Waals surface area contributed by atoms with Gasteiger partial charge in [-0.25, -0.2) is 0 Å². The molecule has 3 heteroatoms. The molecule has 2 nitrogen and oxygen atoms in total. The van der Waals surface area contributed by atoms with Gasteiger partial charge in [-0.05, 0) is 36.6 Å². The van der Waals surface area contributed by atoms with Crippen LogP contribution >= 0.6 is 11.8 Å². The van der Waals surface area contributed by atoms with Crippen molar-refractivity contribution in [1.29, 1.82) is 5.26 Å². The molecule has 116 valence electrons. The smallest absolute Gasteiger partial charge is 0.133 e. The highest BCUT2D eigenvalue weighted by molar-refractivity contribution is 7.99. The van der Waals surface area contributed by atoms with Crippen LogP contribution in [0, 0.1) is 17.2 Å². The van der Waals surface area contributed by atoms with Crippen LogP contribution in [0.25, 0.3) is 0 Å². The minimum Gasteiger partial charge on any atom is -0.296 e. The Hall–Kier alpha value is -0.980. The van der Waals surface area contributed by atoms with Crippen LogP contribution in [0.2, 0.25) is 0 Å². The van der Waals surface area contributed by atoms with E-state index in [1.807, 2.05) is 30.0 Å². The number of hydrogen-bond donors (Lipinski definition) is 1. The fourth-order valence-corrected chi connectivity index (χ4v) is 3.33. The van der Waals surface area contributed by atoms with E-state index in [1.54, 1.807) is 0 Å². The van der Waals surface area contributed by atoms with Gasteiger partial charge in [-0.15, -0.1) is 0 Å². The van der Waals surface area contributed by atoms with Gasteiger partial charge in [0, 0.05) is 5.25 Å². The van der Waals surface area contributed by atoms with E-state index in [-0.39, 0.29) is 0 Å². The summed E-state index contributed by atoms with van der Waals surface area (Å²) in [5.74, 6) is 1.67. The molecule has 0 aliphatic rings. The monoisotopic (exact) mass is 304 g/mol. The van der Waals surface area contributed by atoms with E-state index < -0.39 is 5.54 Å². The second-order valence-corrected chi connectivity index (χ2v) is 7.37. The molecule has 0 amide bonds. The lowest BCUT2D eigenvalue weighted by atomic mass is 9.88. The van der Waals surface area contributed by atoms with Gasteiger partial charge >= 0.3 is 0 Å². The van der Waals surface area contributed by atoms with Gasteiger partial charge < -0.3 is 0 Å². The Morgan fingerprint density at radius 2 is 1.90 bits per heavy atom. The molecule has 0 saturated heterocycles. The molecule has 1 aromatic rings. The summed E-state index contributed by atoms with van der Waals surface area (Å²) in [4.78, 5) is 0. The molecule has 0 bridgehead atoms. The molecule has 0 fully saturated rings. The van der Waals surface area contributed by atoms with Crippen molar-refractivity contribution in [2.24, 2.45) is 5.92 Å². The molecule has 0 saturated carbocycles. The standard InChI is InChI=1S/C18H28N2S/c1-5-12-20-18(14-19,17-9-7-6-8-10-17)11-13-21-16(4)15(2)3/h6-10,15-16,20H,5,11-13H2,1-4H3. The fraction of sp³-hybridized carbons (Fsp3) is 0.611. The highest BCUT2D eigenvalue weighted by Crippen LogP contribution is 2.29. The topological polar surface area (TPSA) is 35.8 Å². The number of nitrogens with one attached hydrogen (secondary N) is 1. The van der Waals surface area contributed by atoms with Gasteiger partial charge in [-0.1, -0.05) is 58.0 Å². The van der Waals surface area contributed by atoms with Gasteiger partial charge in [0.1, 0.15) is 5.54 Å². The molecular weight excluding hydrogens is 276 g/mol. The van der Waals surface area contributed by atoms with Gasteiger partial charge in [-0.3, -0.25) is 5.32 Å². The van der Waals surface area contributed by atoms with Crippen LogP contribution in [0.4, 0.5) is 0 Å². The van der Waals surface area contributed by atoms with Gasteiger partial charge in [-0.2, -0.15) is 17.0 Å². The Morgan fingerprint density at radius 1 is 1.24 bits per heavy atom. The van der Waals surface area contributed by atoms with Crippen molar-refractivity contribution in [1.82, 2.24) is 5.32 Å². The van der Waals surface area contributed by atoms with E-state index in [9.17, 15) is 5.26 Å². The third kappa shape index (κ3) is 5.37. The molecule has 0 spiro atoms. The lowest BCUT2D eigenvalue weighted by Gasteiger charge is -2.29. The van der Waals surface area contributed by atoms with E-state index in [2.05, 4.69) is 51.2 Å². The predicted octanol–water partition coefficient (Wildman–Crippen LogP) is 4.57. The SMILES string of the molecule is CCCNC(C#N)(CCSC(C)C(C)C)c1ccccc1. The summed E-state index contributed by atoms with van der Waals surface area (Å²) in [5.41, 5.74) is 0.528. The van der Waals surface area contributed by atoms with Gasteiger partial charge in [0.25, 0.3) is 0 Å². The zero-order valence-corrected chi connectivity index (χ0v) is 14.5. The van der Waals surface area contributed by atoms with Crippen LogP contribution < -0.4 is 5.32 Å². The number of benzene rings is 1. The van der Waals surface area contributed by atoms with E-state index in [0.29, 0.717) is 11.2 Å². The zero-order chi connectivity index (χ0) is 15.7. The molecule has 2 atom stereocenters. The third-order valence-corrected chi connectivity index (χ3v) is 5.44. The number of hydrogen-bond acceptors (Lipinski definition) is 3. The Morgan fingerprint density at radius 3 is 2.43 bits per heavy atom. The Bertz CT molecular complexity index is 438. The van der Waals surface area contributed by atoms with Gasteiger partial charge in [0.05, 0.1) is 6.07 Å². The lowest BCUT2D eigenvalue weighted by Crippen LogP contribution is -2.42. The minimum absolute atomic E-state index is 0.555. The lowest BCUT2D eigenvalue weighted by molar-refractivity contribution is 0.416. The van der Waals surface area contributed by atoms with Crippen LogP contribution in [0.15, 0.2) is 30.3 Å². The van der Waals surface area contributed by atoms with Crippen LogP contribution in [0.3, 0.4) is 0 Å². The summed E-state index contributed by atoms with van der Waals surface area (Å²) in [6.07, 6.45) is 1.88. The van der Waals surface area contributed by atoms with E-state index in [0.717, 1.165) is 30.7 Å². The van der Waals surface area contributed by atoms with Crippen LogP contribution in [-0.4, -0.2) is 17.5 Å². The third-order valence-electron chi connectivity index (χ3n) is 3.93. The average Bonchev–Trinajstić information content (AvgIpc) is 2.51. The molecule has 0 heterocycles. The molecular formula is C18H28N2S. The predicted molar refractivity (Wildman–Crippen MR) is 93.4 cm³/mol. The highest BCUT2D eigenvalue weighted by Gasteiger charge is 2.31. The Labute approximate surface area is 134 Å². The van der Waals surface area contributed by atoms with Crippen molar-refractivity contribution in [2.45, 2.75) is 51.3 Å². The Balaban J connectivity index is 2.80. The minimum atomic E-state index is -0.555. The van der Waals surface area contributed by atoms with Crippen molar-refractivity contribution in [3.8, 4) is 6.07 Å². The summed E-state index contributed by atoms with van der Waals surface area (Å²) in [6.45, 7) is 9.78. The molecule has 0 aromatic heterocycles. The maximum Gasteiger partial charge on any atom is 0.133 e. The first-order chi connectivity index (χ1) is 10.1. The second-order valence-electron chi connectivity index (χ2n) is 5.88. The van der Waals surface area contributed by atoms with E-state index in [1.165, 1.54) is 0 Å². The normalized spacial score (nSPS) is 15.4. The Kier molecular flexibility index (Phi) is 7.85. The van der Waals surface area contributed by atoms with Crippen LogP contribution in [-0.2, 0) is 5.54 Å². The number of thioether (sulfide) groups is 1. The molecule has 2 unspecified atom stereocenters. The van der Waals surface area contributed by atoms with Crippen molar-refractivity contribution in [3.05, 3.63) is 35.9 Å². The summed E-state index contributed by atoms with van der Waals surface area (Å²) in [7, 11) is 0. The number of rotatable bonds is 9. The summed E-state index contributed by atoms with van der Waals surface area (Å²) < 4.78 is 0. The van der Waals surface area contributed by atoms with Crippen molar-refractivity contribution in [3.63, 3.8) is 0 Å². The van der Waals surface area contributed by atoms with Crippen molar-refractivity contribution >= 4 is 11.8 Å². The molecule has 0 radical (unpaired) electrons. The molecule has 1 N–H and O–H groups in total. The van der Waals surface area contributed by atoms with Gasteiger partial charge in [0.2, 0.25) is 0 Å². The maximum absolute atomic E-state index is 9.81. The largest absolute Gasteiger partial charge is 0.296 e. The van der Waals surface area contributed by atoms with Crippen molar-refractivity contribution < 1.29 is 0 Å². The molecule has 0 aliphatic carbocycles. The summed E-state index contributed by atoms with van der Waals surface area (Å²) >= 11 is 1.96. The number of nitriles is 1. The first-order valence-electron chi connectivity index (χ1n) is 7.89. The molecule has 1 aromatic carbocycles. The number of nitrogens with zero attached hydrogens (tertiary/aromatic N) is 1. The van der Waals surface area contributed by atoms with E-state index in [4.69, 9.17) is 0 Å². The van der Waals surface area contributed by atoms with Gasteiger partial charge in [0.15, 0.2) is 0 Å². The second kappa shape index (κ2) is 9.12. The average molecular weight is 305 g/mol. The summed E-state index contributed by atoms with van der Waals surface area (Å²) in [5, 5.41) is 13.9.